The molecule has 1 aliphatic heterocycles. The summed E-state index contributed by atoms with van der Waals surface area (Å²) in [6, 6.07) is 0. The minimum absolute atomic E-state index is 0.141. The van der Waals surface area contributed by atoms with Crippen LogP contribution in [0.3, 0.4) is 0 Å². The molecule has 0 aromatic carbocycles. The lowest BCUT2D eigenvalue weighted by atomic mass is 9.43. The minimum Gasteiger partial charge on any atom is -0.384 e. The van der Waals surface area contributed by atoms with Gasteiger partial charge in [-0.3, -0.25) is 0 Å². The van der Waals surface area contributed by atoms with Crippen LogP contribution in [0.25, 0.3) is 0 Å². The molecule has 0 aromatic rings. The zero-order chi connectivity index (χ0) is 12.4. The summed E-state index contributed by atoms with van der Waals surface area (Å²) in [5, 5.41) is 0. The Balaban J connectivity index is 1.78. The third-order valence-electron chi connectivity index (χ3n) is 5.31. The lowest BCUT2D eigenvalue weighted by Crippen LogP contribution is -2.65. The lowest BCUT2D eigenvalue weighted by Gasteiger charge is -2.64. The number of rotatable bonds is 2. The van der Waals surface area contributed by atoms with Crippen LogP contribution in [0.5, 0.6) is 0 Å². The van der Waals surface area contributed by atoms with E-state index in [9.17, 15) is 0 Å². The summed E-state index contributed by atoms with van der Waals surface area (Å²) in [6.45, 7) is 11.0. The minimum atomic E-state index is -0.458. The fourth-order valence-electron chi connectivity index (χ4n) is 4.11. The summed E-state index contributed by atoms with van der Waals surface area (Å²) < 4.78 is 17.7. The molecule has 1 heterocycles. The van der Waals surface area contributed by atoms with Crippen molar-refractivity contribution in [3.63, 3.8) is 0 Å². The second kappa shape index (κ2) is 3.49. The molecule has 2 bridgehead atoms. The van der Waals surface area contributed by atoms with Crippen molar-refractivity contribution in [3.05, 3.63) is 0 Å². The van der Waals surface area contributed by atoms with E-state index in [0.29, 0.717) is 11.3 Å². The van der Waals surface area contributed by atoms with Crippen LogP contribution in [0.1, 0.15) is 47.5 Å². The van der Waals surface area contributed by atoms with Gasteiger partial charge < -0.3 is 14.0 Å². The van der Waals surface area contributed by atoms with E-state index >= 15 is 0 Å². The summed E-state index contributed by atoms with van der Waals surface area (Å²) in [7, 11) is -0.458. The van der Waals surface area contributed by atoms with E-state index in [-0.39, 0.29) is 17.8 Å². The van der Waals surface area contributed by atoms with Gasteiger partial charge in [0, 0.05) is 6.10 Å². The first kappa shape index (κ1) is 12.0. The molecule has 0 N–H and O–H groups in total. The molecule has 4 rings (SSSR count). The molecule has 4 heteroatoms. The van der Waals surface area contributed by atoms with Gasteiger partial charge in [0.15, 0.2) is 0 Å². The van der Waals surface area contributed by atoms with Crippen molar-refractivity contribution >= 4 is 7.32 Å². The van der Waals surface area contributed by atoms with Gasteiger partial charge in [0.1, 0.15) is 0 Å². The van der Waals surface area contributed by atoms with E-state index in [2.05, 4.69) is 20.8 Å². The fourth-order valence-corrected chi connectivity index (χ4v) is 4.11. The van der Waals surface area contributed by atoms with Crippen LogP contribution in [0, 0.1) is 17.3 Å². The Morgan fingerprint density at radius 3 is 2.53 bits per heavy atom. The highest BCUT2D eigenvalue weighted by Crippen LogP contribution is 2.65. The Morgan fingerprint density at radius 2 is 1.94 bits per heavy atom. The first-order valence-electron chi connectivity index (χ1n) is 6.83. The molecule has 1 saturated heterocycles. The zero-order valence-electron chi connectivity index (χ0n) is 11.5. The van der Waals surface area contributed by atoms with E-state index in [0.717, 1.165) is 12.3 Å². The van der Waals surface area contributed by atoms with E-state index in [4.69, 9.17) is 14.0 Å². The normalized spacial score (nSPS) is 46.9. The van der Waals surface area contributed by atoms with E-state index < -0.39 is 7.32 Å². The van der Waals surface area contributed by atoms with Crippen molar-refractivity contribution in [1.82, 2.24) is 0 Å². The Hall–Kier alpha value is -0.0551. The van der Waals surface area contributed by atoms with Gasteiger partial charge in [0.05, 0.1) is 11.7 Å². The van der Waals surface area contributed by atoms with Gasteiger partial charge in [-0.1, -0.05) is 13.8 Å². The number of hydrogen-bond donors (Lipinski definition) is 0. The first-order chi connectivity index (χ1) is 7.84. The average Bonchev–Trinajstić information content (AvgIpc) is 2.51. The molecule has 3 saturated carbocycles. The summed E-state index contributed by atoms with van der Waals surface area (Å²) in [5.74, 6) is 1.41. The Kier molecular flexibility index (Phi) is 2.46. The zero-order valence-corrected chi connectivity index (χ0v) is 11.5. The Bertz CT molecular complexity index is 331. The van der Waals surface area contributed by atoms with Crippen molar-refractivity contribution in [1.29, 1.82) is 0 Å². The molecule has 17 heavy (non-hydrogen) atoms. The predicted molar refractivity (Wildman–Crippen MR) is 66.3 cm³/mol. The topological polar surface area (TPSA) is 27.7 Å². The fraction of sp³-hybridized carbons (Fsp3) is 1.00. The van der Waals surface area contributed by atoms with E-state index in [1.54, 1.807) is 0 Å². The quantitative estimate of drug-likeness (QED) is 0.692. The van der Waals surface area contributed by atoms with Gasteiger partial charge in [-0.15, -0.1) is 0 Å². The summed E-state index contributed by atoms with van der Waals surface area (Å²) in [6.07, 6.45) is 2.78. The second-order valence-corrected chi connectivity index (χ2v) is 6.94. The number of hydrogen-bond acceptors (Lipinski definition) is 3. The van der Waals surface area contributed by atoms with Crippen molar-refractivity contribution in [2.75, 3.05) is 0 Å². The SMILES string of the molecule is CC(C)OB1O[C@@H]2C[C@@H]3C[C@@H](C3(C)C)[C@]2(C)O1. The van der Waals surface area contributed by atoms with Gasteiger partial charge in [0.2, 0.25) is 0 Å². The molecule has 4 atom stereocenters. The molecule has 0 spiro atoms. The molecule has 0 radical (unpaired) electrons. The standard InChI is InChI=1S/C13H23BO3/c1-8(2)15-14-16-11-7-9-6-10(12(9,3)4)13(11,5)17-14/h8-11H,6-7H2,1-5H3/t9-,10-,11+,13-/m0/s1. The maximum atomic E-state index is 6.11. The molecule has 4 aliphatic rings. The monoisotopic (exact) mass is 238 g/mol. The maximum Gasteiger partial charge on any atom is 0.640 e. The van der Waals surface area contributed by atoms with E-state index in [1.807, 2.05) is 13.8 Å². The third kappa shape index (κ3) is 1.53. The lowest BCUT2D eigenvalue weighted by molar-refractivity contribution is -0.200. The molecule has 96 valence electrons. The van der Waals surface area contributed by atoms with Crippen LogP contribution in [-0.2, 0) is 14.0 Å². The third-order valence-corrected chi connectivity index (χ3v) is 5.31. The van der Waals surface area contributed by atoms with E-state index in [1.165, 1.54) is 6.42 Å². The van der Waals surface area contributed by atoms with Crippen LogP contribution >= 0.6 is 0 Å². The van der Waals surface area contributed by atoms with Crippen molar-refractivity contribution in [3.8, 4) is 0 Å². The molecule has 0 amide bonds. The molecular weight excluding hydrogens is 215 g/mol. The average molecular weight is 238 g/mol. The van der Waals surface area contributed by atoms with Crippen molar-refractivity contribution in [2.45, 2.75) is 65.3 Å². The summed E-state index contributed by atoms with van der Waals surface area (Å²) >= 11 is 0. The summed E-state index contributed by atoms with van der Waals surface area (Å²) in [5.41, 5.74) is 0.263. The van der Waals surface area contributed by atoms with Crippen molar-refractivity contribution in [2.24, 2.45) is 17.3 Å². The van der Waals surface area contributed by atoms with Gasteiger partial charge in [0.25, 0.3) is 0 Å². The molecule has 3 nitrogen and oxygen atoms in total. The van der Waals surface area contributed by atoms with Crippen LogP contribution in [-0.4, -0.2) is 25.1 Å². The highest BCUT2D eigenvalue weighted by atomic mass is 16.8. The Labute approximate surface area is 104 Å². The van der Waals surface area contributed by atoms with Gasteiger partial charge in [-0.25, -0.2) is 0 Å². The largest absolute Gasteiger partial charge is 0.640 e. The van der Waals surface area contributed by atoms with Gasteiger partial charge in [-0.05, 0) is 50.9 Å². The Morgan fingerprint density at radius 1 is 1.24 bits per heavy atom. The van der Waals surface area contributed by atoms with Gasteiger partial charge >= 0.3 is 7.32 Å². The highest BCUT2D eigenvalue weighted by molar-refractivity contribution is 6.37. The first-order valence-corrected chi connectivity index (χ1v) is 6.83. The smallest absolute Gasteiger partial charge is 0.384 e. The van der Waals surface area contributed by atoms with Crippen molar-refractivity contribution < 1.29 is 14.0 Å². The molecular formula is C13H23BO3. The van der Waals surface area contributed by atoms with Gasteiger partial charge in [-0.2, -0.15) is 0 Å². The molecule has 0 aromatic heterocycles. The predicted octanol–water partition coefficient (Wildman–Crippen LogP) is 2.64. The maximum absolute atomic E-state index is 6.11. The summed E-state index contributed by atoms with van der Waals surface area (Å²) in [4.78, 5) is 0. The van der Waals surface area contributed by atoms with Crippen LogP contribution in [0.2, 0.25) is 0 Å². The van der Waals surface area contributed by atoms with Crippen LogP contribution in [0.4, 0.5) is 0 Å². The molecule has 0 unspecified atom stereocenters. The van der Waals surface area contributed by atoms with Crippen LogP contribution in [0.15, 0.2) is 0 Å². The highest BCUT2D eigenvalue weighted by Gasteiger charge is 2.68. The van der Waals surface area contributed by atoms with Crippen LogP contribution < -0.4 is 0 Å². The second-order valence-electron chi connectivity index (χ2n) is 6.94. The molecule has 3 aliphatic carbocycles. The molecule has 4 fully saturated rings.